The molecule has 6 aromatic rings. The Kier molecular flexibility index (Phi) is 15.7. The molecule has 2 aromatic heterocycles. The van der Waals surface area contributed by atoms with Gasteiger partial charge in [0.2, 0.25) is 0 Å². The Bertz CT molecular complexity index is 2400. The summed E-state index contributed by atoms with van der Waals surface area (Å²) in [5.41, 5.74) is -30.2. The van der Waals surface area contributed by atoms with E-state index in [9.17, 15) is 105 Å². The van der Waals surface area contributed by atoms with Crippen LogP contribution in [0, 0.1) is 7.53 Å². The molecular formula is C42H22BF24IO4. The molecule has 0 aliphatic heterocycles. The number of aliphatic hydroxyl groups excluding tert-OH is 2. The predicted octanol–water partition coefficient (Wildman–Crippen LogP) is 9.20. The number of alkyl halides is 24. The third kappa shape index (κ3) is 13.2. The molecule has 72 heavy (non-hydrogen) atoms. The first-order valence-corrected chi connectivity index (χ1v) is 21.1. The summed E-state index contributed by atoms with van der Waals surface area (Å²) in [4.78, 5) is 0. The van der Waals surface area contributed by atoms with Crippen LogP contribution in [0.2, 0.25) is 0 Å². The van der Waals surface area contributed by atoms with E-state index in [1.807, 2.05) is 12.1 Å². The summed E-state index contributed by atoms with van der Waals surface area (Å²) < 4.78 is 353. The number of rotatable bonds is 8. The maximum absolute atomic E-state index is 14.2. The van der Waals surface area contributed by atoms with Crippen molar-refractivity contribution in [2.24, 2.45) is 0 Å². The van der Waals surface area contributed by atoms with E-state index in [-0.39, 0.29) is 13.2 Å². The molecule has 4 aromatic carbocycles. The van der Waals surface area contributed by atoms with Crippen LogP contribution in [0.1, 0.15) is 56.0 Å². The molecule has 0 fully saturated rings. The molecular weight excluding hydrogens is 1160 g/mol. The minimum absolute atomic E-state index is 0.0796. The van der Waals surface area contributed by atoms with Crippen molar-refractivity contribution < 1.29 is 146 Å². The van der Waals surface area contributed by atoms with Gasteiger partial charge < -0.3 is 19.0 Å². The Morgan fingerprint density at radius 3 is 0.625 bits per heavy atom. The molecule has 0 aliphatic rings. The van der Waals surface area contributed by atoms with E-state index in [0.29, 0.717) is 11.5 Å². The van der Waals surface area contributed by atoms with Gasteiger partial charge in [0.15, 0.2) is 0 Å². The maximum atomic E-state index is 14.2. The van der Waals surface area contributed by atoms with Gasteiger partial charge in [-0.15, -0.1) is 0 Å². The lowest BCUT2D eigenvalue weighted by atomic mass is 9.12. The van der Waals surface area contributed by atoms with E-state index in [0.717, 1.165) is 7.53 Å². The number of hydrogen-bond acceptors (Lipinski definition) is 4. The average molecular weight is 1180 g/mol. The zero-order valence-electron chi connectivity index (χ0n) is 34.4. The summed E-state index contributed by atoms with van der Waals surface area (Å²) in [6.07, 6.45) is -54.8. The largest absolute Gasteiger partial charge is 0.442 e. The standard InChI is InChI=1S/C32H12BF24.C10H10IO4/c34-25(35,36)13-1-14(26(37,38)39)6-21(5-13)33(22-7-15(27(40,41)42)2-16(8-22)28(43,44)45,23-9-17(29(46,47)48)3-18(10-23)30(49,50)51)24-11-19(31(52,53)54)4-20(12-24)32(55,56)57;12-5-7-1-3-9(14-7)11-10-4-2-8(6-13)15-10/h1-12H;1-4,12-13H,5-6H2/q-1;+1. The van der Waals surface area contributed by atoms with Gasteiger partial charge in [0.25, 0.3) is 0 Å². The number of aliphatic hydroxyl groups is 2. The summed E-state index contributed by atoms with van der Waals surface area (Å²) in [7, 11) is 0. The lowest BCUT2D eigenvalue weighted by molar-refractivity contribution is -0.636. The maximum Gasteiger partial charge on any atom is 0.442 e. The molecule has 0 unspecified atom stereocenters. The zero-order chi connectivity index (χ0) is 54.6. The molecule has 4 nitrogen and oxygen atoms in total. The number of hydrogen-bond donors (Lipinski definition) is 2. The van der Waals surface area contributed by atoms with E-state index in [1.54, 1.807) is 12.1 Å². The van der Waals surface area contributed by atoms with Crippen LogP contribution in [0.4, 0.5) is 105 Å². The molecule has 0 atom stereocenters. The van der Waals surface area contributed by atoms with Crippen molar-refractivity contribution in [3.05, 3.63) is 161 Å². The van der Waals surface area contributed by atoms with Crippen LogP contribution in [0.5, 0.6) is 0 Å². The third-order valence-electron chi connectivity index (χ3n) is 10.2. The first-order valence-electron chi connectivity index (χ1n) is 19.0. The SMILES string of the molecule is FC(F)(F)c1cc([B-](c2cc(C(F)(F)F)cc(C(F)(F)F)c2)(c2cc(C(F)(F)F)cc(C(F)(F)F)c2)c2cc(C(F)(F)F)cc(C(F)(F)F)c2)cc(C(F)(F)F)c1.OCc1ccc([I+]c2ccc(CO)o2)o1. The fourth-order valence-electron chi connectivity index (χ4n) is 7.14. The van der Waals surface area contributed by atoms with Gasteiger partial charge >= 0.3 is 78.1 Å². The number of halogens is 25. The van der Waals surface area contributed by atoms with Crippen molar-refractivity contribution >= 4 is 28.0 Å². The van der Waals surface area contributed by atoms with Gasteiger partial charge in [-0.25, -0.2) is 0 Å². The molecule has 0 amide bonds. The molecule has 0 bridgehead atoms. The Balaban J connectivity index is 0.000000542. The third-order valence-corrected chi connectivity index (χ3v) is 12.4. The highest BCUT2D eigenvalue weighted by molar-refractivity contribution is 7.20. The van der Waals surface area contributed by atoms with Gasteiger partial charge in [0, 0.05) is 12.1 Å². The zero-order valence-corrected chi connectivity index (χ0v) is 36.5. The summed E-state index contributed by atoms with van der Waals surface area (Å²) in [6, 6.07) is -1.61. The smallest absolute Gasteiger partial charge is 0.421 e. The van der Waals surface area contributed by atoms with Crippen molar-refractivity contribution in [1.29, 1.82) is 0 Å². The van der Waals surface area contributed by atoms with E-state index < -0.39 is 216 Å². The molecule has 0 spiro atoms. The molecule has 0 saturated heterocycles. The fraction of sp³-hybridized carbons (Fsp3) is 0.238. The fourth-order valence-corrected chi connectivity index (χ4v) is 9.17. The second-order valence-electron chi connectivity index (χ2n) is 15.0. The van der Waals surface area contributed by atoms with Crippen molar-refractivity contribution in [2.45, 2.75) is 62.6 Å². The van der Waals surface area contributed by atoms with Gasteiger partial charge in [-0.3, -0.25) is 0 Å². The van der Waals surface area contributed by atoms with E-state index in [1.165, 1.54) is 0 Å². The van der Waals surface area contributed by atoms with Crippen LogP contribution in [0.3, 0.4) is 0 Å². The van der Waals surface area contributed by atoms with Gasteiger partial charge in [0.05, 0.1) is 44.5 Å². The lowest BCUT2D eigenvalue weighted by Gasteiger charge is -2.46. The topological polar surface area (TPSA) is 66.7 Å². The number of furan rings is 2. The quantitative estimate of drug-likeness (QED) is 0.0908. The summed E-state index contributed by atoms with van der Waals surface area (Å²) >= 11 is -0.497. The molecule has 0 aliphatic carbocycles. The van der Waals surface area contributed by atoms with Crippen molar-refractivity contribution in [2.75, 3.05) is 0 Å². The first-order chi connectivity index (χ1) is 32.6. The highest BCUT2D eigenvalue weighted by atomic mass is 127. The van der Waals surface area contributed by atoms with Crippen LogP contribution in [0.25, 0.3) is 0 Å². The van der Waals surface area contributed by atoms with Gasteiger partial charge in [-0.1, -0.05) is 48.5 Å². The summed E-state index contributed by atoms with van der Waals surface area (Å²) in [6.45, 7) is -0.159. The molecule has 392 valence electrons. The second-order valence-corrected chi connectivity index (χ2v) is 17.7. The average Bonchev–Trinajstić information content (AvgIpc) is 3.91. The van der Waals surface area contributed by atoms with Gasteiger partial charge in [0.1, 0.15) is 30.9 Å². The van der Waals surface area contributed by atoms with E-state index in [4.69, 9.17) is 19.0 Å². The van der Waals surface area contributed by atoms with Crippen molar-refractivity contribution in [3.63, 3.8) is 0 Å². The van der Waals surface area contributed by atoms with Crippen LogP contribution < -0.4 is 43.1 Å². The second kappa shape index (κ2) is 19.7. The van der Waals surface area contributed by atoms with Gasteiger partial charge in [-0.05, 0) is 36.4 Å². The highest BCUT2D eigenvalue weighted by Crippen LogP contribution is 2.41. The van der Waals surface area contributed by atoms with Crippen LogP contribution in [-0.4, -0.2) is 16.4 Å². The molecule has 0 saturated carbocycles. The first kappa shape index (κ1) is 57.4. The lowest BCUT2D eigenvalue weighted by Crippen LogP contribution is -3.61. The van der Waals surface area contributed by atoms with Crippen molar-refractivity contribution in [3.8, 4) is 0 Å². The minimum Gasteiger partial charge on any atom is -0.421 e. The monoisotopic (exact) mass is 1180 g/mol. The summed E-state index contributed by atoms with van der Waals surface area (Å²) in [5, 5.41) is 17.6. The molecule has 0 radical (unpaired) electrons. The highest BCUT2D eigenvalue weighted by Gasteiger charge is 2.47. The van der Waals surface area contributed by atoms with Crippen LogP contribution >= 0.6 is 0 Å². The van der Waals surface area contributed by atoms with Crippen LogP contribution in [-0.2, 0) is 62.6 Å². The normalized spacial score (nSPS) is 13.6. The Morgan fingerprint density at radius 2 is 0.486 bits per heavy atom. The molecule has 2 heterocycles. The predicted molar refractivity (Wildman–Crippen MR) is 197 cm³/mol. The Hall–Kier alpha value is -5.53. The van der Waals surface area contributed by atoms with Gasteiger partial charge in [-0.2, -0.15) is 127 Å². The molecule has 2 N–H and O–H groups in total. The Labute approximate surface area is 396 Å². The minimum atomic E-state index is -6.13. The Morgan fingerprint density at radius 1 is 0.306 bits per heavy atom. The molecule has 30 heteroatoms. The van der Waals surface area contributed by atoms with Crippen molar-refractivity contribution in [1.82, 2.24) is 0 Å². The van der Waals surface area contributed by atoms with E-state index in [2.05, 4.69) is 0 Å². The van der Waals surface area contributed by atoms with E-state index >= 15 is 0 Å². The molecule has 6 rings (SSSR count). The van der Waals surface area contributed by atoms with Crippen LogP contribution in [0.15, 0.2) is 106 Å². The number of benzene rings is 4. The summed E-state index contributed by atoms with van der Waals surface area (Å²) in [5.74, 6) is 1.14.